The van der Waals surface area contributed by atoms with Crippen LogP contribution in [-0.2, 0) is 24.4 Å². The van der Waals surface area contributed by atoms with Crippen molar-refractivity contribution in [3.8, 4) is 0 Å². The Labute approximate surface area is 172 Å². The summed E-state index contributed by atoms with van der Waals surface area (Å²) >= 11 is 3.46. The highest BCUT2D eigenvalue weighted by Gasteiger charge is 2.21. The molecule has 0 heterocycles. The van der Waals surface area contributed by atoms with Crippen molar-refractivity contribution >= 4 is 34.2 Å². The number of benzene rings is 1. The van der Waals surface area contributed by atoms with Crippen molar-refractivity contribution in [2.75, 3.05) is 0 Å². The minimum absolute atomic E-state index is 0.0293. The molecule has 0 atom stereocenters. The molecule has 9 nitrogen and oxygen atoms in total. The average molecular weight is 460 g/mol. The Morgan fingerprint density at radius 2 is 1.25 bits per heavy atom. The first-order valence-corrected chi connectivity index (χ1v) is 9.32. The molecule has 10 heteroatoms. The number of carbonyl (C=O) groups excluding carboxylic acids is 1. The summed E-state index contributed by atoms with van der Waals surface area (Å²) in [4.78, 5) is 33.8. The Bertz CT molecular complexity index is 729. The lowest BCUT2D eigenvalue weighted by Crippen LogP contribution is -2.33. The van der Waals surface area contributed by atoms with E-state index in [-0.39, 0.29) is 19.6 Å². The number of hydrogen-bond donors (Lipinski definition) is 5. The SMILES string of the molecule is Cc1c(CNC(=O)OC(C)(C)C)c(C)c(CNC(=O)O)c(Br)c1CNC(=O)O. The van der Waals surface area contributed by atoms with Gasteiger partial charge in [0.15, 0.2) is 0 Å². The Hall–Kier alpha value is -2.49. The van der Waals surface area contributed by atoms with Crippen LogP contribution in [0.15, 0.2) is 4.47 Å². The van der Waals surface area contributed by atoms with Gasteiger partial charge < -0.3 is 30.9 Å². The van der Waals surface area contributed by atoms with Crippen LogP contribution in [0.3, 0.4) is 0 Å². The zero-order valence-electron chi connectivity index (χ0n) is 16.5. The molecule has 0 bridgehead atoms. The van der Waals surface area contributed by atoms with Gasteiger partial charge in [-0.2, -0.15) is 0 Å². The number of alkyl carbamates (subject to hydrolysis) is 1. The van der Waals surface area contributed by atoms with Gasteiger partial charge in [0, 0.05) is 24.1 Å². The third-order valence-electron chi connectivity index (χ3n) is 3.98. The average Bonchev–Trinajstić information content (AvgIpc) is 2.52. The van der Waals surface area contributed by atoms with Gasteiger partial charge in [0.25, 0.3) is 0 Å². The molecule has 0 aliphatic heterocycles. The molecule has 5 N–H and O–H groups in total. The van der Waals surface area contributed by atoms with Crippen LogP contribution >= 0.6 is 15.9 Å². The van der Waals surface area contributed by atoms with Crippen molar-refractivity contribution in [3.05, 3.63) is 32.3 Å². The fraction of sp³-hybridized carbons (Fsp3) is 0.500. The van der Waals surface area contributed by atoms with Crippen molar-refractivity contribution < 1.29 is 29.3 Å². The molecule has 0 fully saturated rings. The molecule has 28 heavy (non-hydrogen) atoms. The molecule has 0 saturated carbocycles. The summed E-state index contributed by atoms with van der Waals surface area (Å²) in [6, 6.07) is 0. The third-order valence-corrected chi connectivity index (χ3v) is 4.94. The number of amides is 3. The van der Waals surface area contributed by atoms with Gasteiger partial charge in [0.2, 0.25) is 0 Å². The van der Waals surface area contributed by atoms with E-state index in [4.69, 9.17) is 14.9 Å². The Kier molecular flexibility index (Phi) is 8.10. The smallest absolute Gasteiger partial charge is 0.407 e. The van der Waals surface area contributed by atoms with Crippen molar-refractivity contribution in [2.45, 2.75) is 59.9 Å². The monoisotopic (exact) mass is 459 g/mol. The molecule has 0 spiro atoms. The van der Waals surface area contributed by atoms with E-state index in [0.29, 0.717) is 15.6 Å². The lowest BCUT2D eigenvalue weighted by Gasteiger charge is -2.23. The van der Waals surface area contributed by atoms with Gasteiger partial charge >= 0.3 is 18.3 Å². The molecule has 1 rings (SSSR count). The topological polar surface area (TPSA) is 137 Å². The van der Waals surface area contributed by atoms with Gasteiger partial charge in [-0.1, -0.05) is 15.9 Å². The number of nitrogens with one attached hydrogen (secondary N) is 3. The highest BCUT2D eigenvalue weighted by Crippen LogP contribution is 2.32. The van der Waals surface area contributed by atoms with Crippen molar-refractivity contribution in [2.24, 2.45) is 0 Å². The molecule has 0 saturated heterocycles. The normalized spacial score (nSPS) is 10.9. The first kappa shape index (κ1) is 23.5. The number of halogens is 1. The molecule has 0 unspecified atom stereocenters. The standard InChI is InChI=1S/C18H26BrN3O6/c1-9-11(6-22-17(27)28-18(3,4)5)10(2)13(8-21-16(25)26)14(19)12(9)7-20-15(23)24/h20-21H,6-8H2,1-5H3,(H,22,27)(H,23,24)(H,25,26). The van der Waals surface area contributed by atoms with E-state index in [9.17, 15) is 14.4 Å². The highest BCUT2D eigenvalue weighted by molar-refractivity contribution is 9.10. The van der Waals surface area contributed by atoms with Crippen LogP contribution in [0.2, 0.25) is 0 Å². The molecule has 0 radical (unpaired) electrons. The number of carboxylic acid groups (broad SMARTS) is 2. The fourth-order valence-corrected chi connectivity index (χ4v) is 3.52. The van der Waals surface area contributed by atoms with Gasteiger partial charge in [-0.3, -0.25) is 0 Å². The van der Waals surface area contributed by atoms with Gasteiger partial charge in [-0.25, -0.2) is 14.4 Å². The van der Waals surface area contributed by atoms with E-state index in [1.54, 1.807) is 20.8 Å². The predicted molar refractivity (Wildman–Crippen MR) is 106 cm³/mol. The van der Waals surface area contributed by atoms with Gasteiger partial charge in [0.1, 0.15) is 5.60 Å². The van der Waals surface area contributed by atoms with E-state index >= 15 is 0 Å². The van der Waals surface area contributed by atoms with Crippen LogP contribution in [0.4, 0.5) is 14.4 Å². The lowest BCUT2D eigenvalue weighted by molar-refractivity contribution is 0.0523. The zero-order chi connectivity index (χ0) is 21.6. The van der Waals surface area contributed by atoms with E-state index in [1.165, 1.54) is 0 Å². The van der Waals surface area contributed by atoms with Crippen LogP contribution < -0.4 is 16.0 Å². The second-order valence-corrected chi connectivity index (χ2v) is 7.97. The van der Waals surface area contributed by atoms with Gasteiger partial charge in [-0.05, 0) is 62.4 Å². The maximum atomic E-state index is 12.0. The molecular formula is C18H26BrN3O6. The van der Waals surface area contributed by atoms with E-state index in [0.717, 1.165) is 16.7 Å². The van der Waals surface area contributed by atoms with Crippen LogP contribution in [0, 0.1) is 13.8 Å². The van der Waals surface area contributed by atoms with Crippen LogP contribution in [0.25, 0.3) is 0 Å². The van der Waals surface area contributed by atoms with Crippen molar-refractivity contribution in [1.29, 1.82) is 0 Å². The summed E-state index contributed by atoms with van der Waals surface area (Å²) < 4.78 is 5.86. The minimum Gasteiger partial charge on any atom is -0.465 e. The minimum atomic E-state index is -1.18. The second kappa shape index (κ2) is 9.63. The predicted octanol–water partition coefficient (Wildman–Crippen LogP) is 3.63. The van der Waals surface area contributed by atoms with Crippen LogP contribution in [0.1, 0.15) is 48.6 Å². The zero-order valence-corrected chi connectivity index (χ0v) is 18.1. The summed E-state index contributed by atoms with van der Waals surface area (Å²) in [5.41, 5.74) is 3.02. The summed E-state index contributed by atoms with van der Waals surface area (Å²) in [5, 5.41) is 25.2. The molecule has 0 aliphatic rings. The number of rotatable bonds is 6. The number of carbonyl (C=O) groups is 3. The molecule has 1 aromatic rings. The molecule has 1 aromatic carbocycles. The summed E-state index contributed by atoms with van der Waals surface area (Å²) in [6.07, 6.45) is -2.93. The summed E-state index contributed by atoms with van der Waals surface area (Å²) in [7, 11) is 0. The van der Waals surface area contributed by atoms with Crippen LogP contribution in [-0.4, -0.2) is 34.1 Å². The van der Waals surface area contributed by atoms with E-state index in [2.05, 4.69) is 31.9 Å². The number of ether oxygens (including phenoxy) is 1. The van der Waals surface area contributed by atoms with Crippen molar-refractivity contribution in [3.63, 3.8) is 0 Å². The fourth-order valence-electron chi connectivity index (χ4n) is 2.65. The van der Waals surface area contributed by atoms with E-state index in [1.807, 2.05) is 13.8 Å². The molecule has 156 valence electrons. The van der Waals surface area contributed by atoms with Crippen molar-refractivity contribution in [1.82, 2.24) is 16.0 Å². The third kappa shape index (κ3) is 6.91. The van der Waals surface area contributed by atoms with E-state index < -0.39 is 23.9 Å². The molecule has 0 aromatic heterocycles. The van der Waals surface area contributed by atoms with Gasteiger partial charge in [-0.15, -0.1) is 0 Å². The largest absolute Gasteiger partial charge is 0.465 e. The Balaban J connectivity index is 3.26. The second-order valence-electron chi connectivity index (χ2n) is 7.17. The highest BCUT2D eigenvalue weighted by atomic mass is 79.9. The molecule has 3 amide bonds. The summed E-state index contributed by atoms with van der Waals surface area (Å²) in [6.45, 7) is 9.12. The Morgan fingerprint density at radius 3 is 1.61 bits per heavy atom. The first-order valence-electron chi connectivity index (χ1n) is 8.53. The Morgan fingerprint density at radius 1 is 0.857 bits per heavy atom. The maximum absolute atomic E-state index is 12.0. The van der Waals surface area contributed by atoms with Crippen LogP contribution in [0.5, 0.6) is 0 Å². The maximum Gasteiger partial charge on any atom is 0.407 e. The lowest BCUT2D eigenvalue weighted by atomic mass is 9.92. The summed E-state index contributed by atoms with van der Waals surface area (Å²) in [5.74, 6) is 0. The molecule has 0 aliphatic carbocycles. The first-order chi connectivity index (χ1) is 12.8. The quantitative estimate of drug-likeness (QED) is 0.440. The number of hydrogen-bond acceptors (Lipinski definition) is 4. The molecular weight excluding hydrogens is 434 g/mol. The van der Waals surface area contributed by atoms with Gasteiger partial charge in [0.05, 0.1) is 0 Å².